The highest BCUT2D eigenvalue weighted by atomic mass is 16.3. The van der Waals surface area contributed by atoms with Crippen LogP contribution < -0.4 is 0 Å². The average Bonchev–Trinajstić information content (AvgIpc) is 2.97. The van der Waals surface area contributed by atoms with Gasteiger partial charge in [-0.15, -0.1) is 0 Å². The molecule has 1 atom stereocenters. The van der Waals surface area contributed by atoms with E-state index in [9.17, 15) is 5.11 Å². The highest BCUT2D eigenvalue weighted by molar-refractivity contribution is 5.36. The summed E-state index contributed by atoms with van der Waals surface area (Å²) in [4.78, 5) is 0. The first-order valence-electron chi connectivity index (χ1n) is 7.09. The number of hydrogen-bond donors (Lipinski definition) is 1. The molecule has 3 rings (SSSR count). The van der Waals surface area contributed by atoms with Gasteiger partial charge in [-0.1, -0.05) is 49.9 Å². The summed E-state index contributed by atoms with van der Waals surface area (Å²) in [5, 5.41) is 10.8. The molecule has 0 amide bonds. The molecule has 2 aliphatic rings. The first-order chi connectivity index (χ1) is 8.28. The minimum atomic E-state index is -0.515. The molecule has 1 saturated carbocycles. The van der Waals surface area contributed by atoms with Crippen LogP contribution in [0.2, 0.25) is 0 Å². The van der Waals surface area contributed by atoms with E-state index in [1.54, 1.807) is 0 Å². The number of fused-ring (bicyclic) bond motifs is 1. The molecule has 1 nitrogen and oxygen atoms in total. The van der Waals surface area contributed by atoms with Gasteiger partial charge in [0, 0.05) is 0 Å². The van der Waals surface area contributed by atoms with Crippen molar-refractivity contribution in [2.24, 2.45) is 5.92 Å². The van der Waals surface area contributed by atoms with Gasteiger partial charge in [-0.2, -0.15) is 0 Å². The van der Waals surface area contributed by atoms with Crippen LogP contribution in [0.5, 0.6) is 0 Å². The van der Waals surface area contributed by atoms with E-state index < -0.39 is 5.60 Å². The zero-order valence-corrected chi connectivity index (χ0v) is 10.5. The number of benzene rings is 1. The first kappa shape index (κ1) is 11.3. The van der Waals surface area contributed by atoms with Crippen molar-refractivity contribution in [2.45, 2.75) is 57.0 Å². The quantitative estimate of drug-likeness (QED) is 0.837. The topological polar surface area (TPSA) is 20.2 Å². The third-order valence-electron chi connectivity index (χ3n) is 4.77. The molecule has 0 saturated heterocycles. The molecule has 1 aromatic carbocycles. The standard InChI is InChI=1S/C16H22O/c17-16(11-9-13-5-1-2-6-13)12-10-14-7-3-4-8-15(14)16/h3-4,7-8,13,17H,1-2,5-6,9-12H2. The lowest BCUT2D eigenvalue weighted by atomic mass is 9.87. The highest BCUT2D eigenvalue weighted by Crippen LogP contribution is 2.42. The van der Waals surface area contributed by atoms with Gasteiger partial charge in [-0.3, -0.25) is 0 Å². The lowest BCUT2D eigenvalue weighted by Crippen LogP contribution is -2.23. The Morgan fingerprint density at radius 2 is 1.94 bits per heavy atom. The zero-order chi connectivity index (χ0) is 11.7. The molecule has 0 aliphatic heterocycles. The average molecular weight is 230 g/mol. The van der Waals surface area contributed by atoms with E-state index in [2.05, 4.69) is 24.3 Å². The zero-order valence-electron chi connectivity index (χ0n) is 10.5. The SMILES string of the molecule is OC1(CCC2CCCC2)CCc2ccccc21. The molecule has 92 valence electrons. The lowest BCUT2D eigenvalue weighted by molar-refractivity contribution is 0.0231. The van der Waals surface area contributed by atoms with Crippen LogP contribution in [0.4, 0.5) is 0 Å². The largest absolute Gasteiger partial charge is 0.385 e. The fourth-order valence-corrected chi connectivity index (χ4v) is 3.67. The second-order valence-corrected chi connectivity index (χ2v) is 5.88. The summed E-state index contributed by atoms with van der Waals surface area (Å²) in [6.45, 7) is 0. The number of aliphatic hydroxyl groups is 1. The van der Waals surface area contributed by atoms with Crippen molar-refractivity contribution < 1.29 is 5.11 Å². The Bertz CT molecular complexity index is 392. The summed E-state index contributed by atoms with van der Waals surface area (Å²) in [5.41, 5.74) is 2.05. The van der Waals surface area contributed by atoms with Gasteiger partial charge in [-0.05, 0) is 42.7 Å². The molecule has 1 unspecified atom stereocenters. The van der Waals surface area contributed by atoms with Crippen molar-refractivity contribution in [2.75, 3.05) is 0 Å². The van der Waals surface area contributed by atoms with E-state index in [1.807, 2.05) is 0 Å². The molecule has 0 aromatic heterocycles. The first-order valence-corrected chi connectivity index (χ1v) is 7.09. The minimum Gasteiger partial charge on any atom is -0.385 e. The summed E-state index contributed by atoms with van der Waals surface area (Å²) in [7, 11) is 0. The van der Waals surface area contributed by atoms with Crippen molar-refractivity contribution in [1.82, 2.24) is 0 Å². The van der Waals surface area contributed by atoms with Gasteiger partial charge in [0.05, 0.1) is 5.60 Å². The van der Waals surface area contributed by atoms with Crippen LogP contribution in [0, 0.1) is 5.92 Å². The maximum absolute atomic E-state index is 10.8. The molecule has 1 aromatic rings. The maximum atomic E-state index is 10.8. The molecule has 1 fully saturated rings. The van der Waals surface area contributed by atoms with Crippen molar-refractivity contribution in [3.63, 3.8) is 0 Å². The molecular formula is C16H22O. The van der Waals surface area contributed by atoms with Crippen molar-refractivity contribution in [3.05, 3.63) is 35.4 Å². The van der Waals surface area contributed by atoms with Crippen LogP contribution in [0.3, 0.4) is 0 Å². The van der Waals surface area contributed by atoms with Crippen LogP contribution in [-0.4, -0.2) is 5.11 Å². The van der Waals surface area contributed by atoms with E-state index in [0.29, 0.717) is 0 Å². The monoisotopic (exact) mass is 230 g/mol. The Hall–Kier alpha value is -0.820. The molecule has 1 N–H and O–H groups in total. The number of aryl methyl sites for hydroxylation is 1. The van der Waals surface area contributed by atoms with Gasteiger partial charge < -0.3 is 5.11 Å². The fourth-order valence-electron chi connectivity index (χ4n) is 3.67. The maximum Gasteiger partial charge on any atom is 0.0902 e. The number of hydrogen-bond acceptors (Lipinski definition) is 1. The van der Waals surface area contributed by atoms with Crippen LogP contribution in [0.1, 0.15) is 56.1 Å². The smallest absolute Gasteiger partial charge is 0.0902 e. The Labute approximate surface area is 104 Å². The molecule has 17 heavy (non-hydrogen) atoms. The molecule has 2 aliphatic carbocycles. The third kappa shape index (κ3) is 2.13. The summed E-state index contributed by atoms with van der Waals surface area (Å²) in [6.07, 6.45) is 9.74. The van der Waals surface area contributed by atoms with Gasteiger partial charge in [0.2, 0.25) is 0 Å². The molecule has 0 radical (unpaired) electrons. The van der Waals surface area contributed by atoms with Crippen molar-refractivity contribution in [1.29, 1.82) is 0 Å². The summed E-state index contributed by atoms with van der Waals surface area (Å²) in [5.74, 6) is 0.881. The van der Waals surface area contributed by atoms with Crippen LogP contribution >= 0.6 is 0 Å². The second-order valence-electron chi connectivity index (χ2n) is 5.88. The van der Waals surface area contributed by atoms with Gasteiger partial charge >= 0.3 is 0 Å². The van der Waals surface area contributed by atoms with E-state index in [-0.39, 0.29) is 0 Å². The molecule has 1 heteroatoms. The molecule has 0 bridgehead atoms. The number of rotatable bonds is 3. The Morgan fingerprint density at radius 3 is 2.76 bits per heavy atom. The molecule has 0 spiro atoms. The predicted molar refractivity (Wildman–Crippen MR) is 69.9 cm³/mol. The van der Waals surface area contributed by atoms with E-state index in [1.165, 1.54) is 43.2 Å². The minimum absolute atomic E-state index is 0.515. The normalized spacial score (nSPS) is 28.5. The Kier molecular flexibility index (Phi) is 2.96. The second kappa shape index (κ2) is 4.45. The van der Waals surface area contributed by atoms with E-state index >= 15 is 0 Å². The lowest BCUT2D eigenvalue weighted by Gasteiger charge is -2.25. The third-order valence-corrected chi connectivity index (χ3v) is 4.77. The van der Waals surface area contributed by atoms with Crippen LogP contribution in [0.15, 0.2) is 24.3 Å². The molecule has 0 heterocycles. The van der Waals surface area contributed by atoms with Gasteiger partial charge in [0.25, 0.3) is 0 Å². The van der Waals surface area contributed by atoms with Gasteiger partial charge in [-0.25, -0.2) is 0 Å². The van der Waals surface area contributed by atoms with Gasteiger partial charge in [0.15, 0.2) is 0 Å². The van der Waals surface area contributed by atoms with Crippen molar-refractivity contribution >= 4 is 0 Å². The highest BCUT2D eigenvalue weighted by Gasteiger charge is 2.36. The predicted octanol–water partition coefficient (Wildman–Crippen LogP) is 3.79. The summed E-state index contributed by atoms with van der Waals surface area (Å²) < 4.78 is 0. The Morgan fingerprint density at radius 1 is 1.18 bits per heavy atom. The summed E-state index contributed by atoms with van der Waals surface area (Å²) in [6, 6.07) is 8.44. The van der Waals surface area contributed by atoms with Crippen LogP contribution in [-0.2, 0) is 12.0 Å². The Balaban J connectivity index is 1.70. The van der Waals surface area contributed by atoms with E-state index in [0.717, 1.165) is 25.2 Å². The van der Waals surface area contributed by atoms with Crippen LogP contribution in [0.25, 0.3) is 0 Å². The van der Waals surface area contributed by atoms with E-state index in [4.69, 9.17) is 0 Å². The molecular weight excluding hydrogens is 208 g/mol. The summed E-state index contributed by atoms with van der Waals surface area (Å²) >= 11 is 0. The van der Waals surface area contributed by atoms with Gasteiger partial charge in [0.1, 0.15) is 0 Å². The fraction of sp³-hybridized carbons (Fsp3) is 0.625. The van der Waals surface area contributed by atoms with Crippen molar-refractivity contribution in [3.8, 4) is 0 Å².